The van der Waals surface area contributed by atoms with Gasteiger partial charge >= 0.3 is 0 Å². The van der Waals surface area contributed by atoms with Crippen molar-refractivity contribution < 1.29 is 9.21 Å². The summed E-state index contributed by atoms with van der Waals surface area (Å²) in [7, 11) is 0. The number of carbonyl (C=O) groups is 1. The molecule has 1 N–H and O–H groups in total. The molecule has 0 saturated heterocycles. The highest BCUT2D eigenvalue weighted by atomic mass is 16.3. The normalized spacial score (nSPS) is 28.4. The van der Waals surface area contributed by atoms with Gasteiger partial charge in [0.25, 0.3) is 5.91 Å². The van der Waals surface area contributed by atoms with Crippen LogP contribution in [0.1, 0.15) is 54.6 Å². The molecule has 4 bridgehead atoms. The summed E-state index contributed by atoms with van der Waals surface area (Å²) in [6, 6.07) is 22.7. The molecule has 3 aromatic carbocycles. The Bertz CT molecular complexity index is 1310. The number of carbonyl (C=O) groups excluding carboxylic acids is 1. The number of nitrogens with one attached hydrogen (secondary N) is 1. The second kappa shape index (κ2) is 6.71. The van der Waals surface area contributed by atoms with E-state index in [1.54, 1.807) is 0 Å². The van der Waals surface area contributed by atoms with E-state index in [9.17, 15) is 4.79 Å². The van der Waals surface area contributed by atoms with Gasteiger partial charge in [-0.15, -0.1) is 0 Å². The molecule has 1 aromatic heterocycles. The van der Waals surface area contributed by atoms with E-state index < -0.39 is 0 Å². The zero-order valence-corrected chi connectivity index (χ0v) is 18.1. The number of fused-ring (bicyclic) bond motifs is 3. The Morgan fingerprint density at radius 3 is 2.22 bits per heavy atom. The standard InChI is InChI=1S/C29H27NO2/c31-28(27-14-25-24-4-2-1-3-21(24)5-10-26(25)32-27)30-23-8-6-22(7-9-23)29-15-18-11-19(16-29)13-20(12-18)17-29/h1-10,14,18-20H,11-13,15-17H2,(H,30,31). The number of hydrogen-bond donors (Lipinski definition) is 1. The quantitative estimate of drug-likeness (QED) is 0.377. The van der Waals surface area contributed by atoms with Gasteiger partial charge in [0.1, 0.15) is 5.58 Å². The molecule has 160 valence electrons. The highest BCUT2D eigenvalue weighted by molar-refractivity contribution is 6.10. The zero-order chi connectivity index (χ0) is 21.3. The molecular weight excluding hydrogens is 394 g/mol. The molecule has 3 heteroatoms. The van der Waals surface area contributed by atoms with E-state index in [4.69, 9.17) is 4.42 Å². The van der Waals surface area contributed by atoms with E-state index in [2.05, 4.69) is 41.7 Å². The summed E-state index contributed by atoms with van der Waals surface area (Å²) in [5.41, 5.74) is 3.43. The molecule has 4 aromatic rings. The predicted octanol–water partition coefficient (Wildman–Crippen LogP) is 7.31. The van der Waals surface area contributed by atoms with E-state index in [0.29, 0.717) is 11.2 Å². The van der Waals surface area contributed by atoms with Crippen LogP contribution >= 0.6 is 0 Å². The Morgan fingerprint density at radius 1 is 0.812 bits per heavy atom. The minimum absolute atomic E-state index is 0.201. The highest BCUT2D eigenvalue weighted by Crippen LogP contribution is 2.60. The lowest BCUT2D eigenvalue weighted by atomic mass is 9.48. The van der Waals surface area contributed by atoms with Gasteiger partial charge in [0, 0.05) is 11.1 Å². The van der Waals surface area contributed by atoms with Crippen molar-refractivity contribution in [3.05, 3.63) is 78.1 Å². The number of benzene rings is 3. The fraction of sp³-hybridized carbons (Fsp3) is 0.345. The second-order valence-corrected chi connectivity index (χ2v) is 10.5. The number of rotatable bonds is 3. The van der Waals surface area contributed by atoms with Crippen LogP contribution in [0.15, 0.2) is 71.1 Å². The third-order valence-corrected chi connectivity index (χ3v) is 8.44. The first kappa shape index (κ1) is 18.5. The third kappa shape index (κ3) is 2.83. The molecule has 4 saturated carbocycles. The molecule has 3 nitrogen and oxygen atoms in total. The van der Waals surface area contributed by atoms with Crippen LogP contribution in [0.2, 0.25) is 0 Å². The molecule has 0 unspecified atom stereocenters. The van der Waals surface area contributed by atoms with E-state index in [-0.39, 0.29) is 5.91 Å². The topological polar surface area (TPSA) is 42.2 Å². The fourth-order valence-electron chi connectivity index (χ4n) is 7.47. The van der Waals surface area contributed by atoms with Crippen LogP contribution in [-0.2, 0) is 5.41 Å². The van der Waals surface area contributed by atoms with Crippen LogP contribution in [0.3, 0.4) is 0 Å². The summed E-state index contributed by atoms with van der Waals surface area (Å²) in [5, 5.41) is 6.26. The van der Waals surface area contributed by atoms with Crippen LogP contribution in [-0.4, -0.2) is 5.91 Å². The van der Waals surface area contributed by atoms with Crippen LogP contribution < -0.4 is 5.32 Å². The maximum absolute atomic E-state index is 12.9. The van der Waals surface area contributed by atoms with Crippen LogP contribution in [0.5, 0.6) is 0 Å². The van der Waals surface area contributed by atoms with Crippen molar-refractivity contribution in [1.82, 2.24) is 0 Å². The first-order chi connectivity index (χ1) is 15.6. The molecule has 0 radical (unpaired) electrons. The monoisotopic (exact) mass is 421 g/mol. The van der Waals surface area contributed by atoms with Crippen molar-refractivity contribution >= 4 is 33.3 Å². The maximum atomic E-state index is 12.9. The molecule has 4 aliphatic carbocycles. The van der Waals surface area contributed by atoms with E-state index in [1.165, 1.54) is 44.1 Å². The Labute approximate surface area is 187 Å². The van der Waals surface area contributed by atoms with Crippen molar-refractivity contribution in [2.75, 3.05) is 5.32 Å². The molecule has 0 atom stereocenters. The Morgan fingerprint density at radius 2 is 1.50 bits per heavy atom. The summed E-state index contributed by atoms with van der Waals surface area (Å²) < 4.78 is 5.89. The lowest BCUT2D eigenvalue weighted by Crippen LogP contribution is -2.48. The number of amides is 1. The van der Waals surface area contributed by atoms with Crippen molar-refractivity contribution in [2.24, 2.45) is 17.8 Å². The molecule has 0 spiro atoms. The largest absolute Gasteiger partial charge is 0.451 e. The van der Waals surface area contributed by atoms with E-state index >= 15 is 0 Å². The minimum Gasteiger partial charge on any atom is -0.451 e. The van der Waals surface area contributed by atoms with Gasteiger partial charge in [0.2, 0.25) is 0 Å². The van der Waals surface area contributed by atoms with E-state index in [0.717, 1.165) is 45.2 Å². The minimum atomic E-state index is -0.201. The summed E-state index contributed by atoms with van der Waals surface area (Å²) >= 11 is 0. The predicted molar refractivity (Wildman–Crippen MR) is 128 cm³/mol. The van der Waals surface area contributed by atoms with Crippen LogP contribution in [0.25, 0.3) is 21.7 Å². The van der Waals surface area contributed by atoms with Crippen molar-refractivity contribution in [3.8, 4) is 0 Å². The summed E-state index contributed by atoms with van der Waals surface area (Å²) in [4.78, 5) is 12.9. The van der Waals surface area contributed by atoms with Gasteiger partial charge in [-0.25, -0.2) is 0 Å². The molecule has 4 aliphatic rings. The maximum Gasteiger partial charge on any atom is 0.291 e. The third-order valence-electron chi connectivity index (χ3n) is 8.44. The molecule has 0 aliphatic heterocycles. The Balaban J connectivity index is 1.14. The Hall–Kier alpha value is -3.07. The molecule has 8 rings (SSSR count). The number of furan rings is 1. The van der Waals surface area contributed by atoms with Crippen molar-refractivity contribution in [3.63, 3.8) is 0 Å². The molecule has 1 heterocycles. The van der Waals surface area contributed by atoms with Crippen LogP contribution in [0, 0.1) is 17.8 Å². The van der Waals surface area contributed by atoms with Gasteiger partial charge in [-0.1, -0.05) is 42.5 Å². The van der Waals surface area contributed by atoms with E-state index in [1.807, 2.05) is 30.3 Å². The second-order valence-electron chi connectivity index (χ2n) is 10.5. The van der Waals surface area contributed by atoms with Gasteiger partial charge in [-0.05, 0) is 102 Å². The summed E-state index contributed by atoms with van der Waals surface area (Å²) in [6.45, 7) is 0. The lowest BCUT2D eigenvalue weighted by molar-refractivity contribution is -0.00518. The van der Waals surface area contributed by atoms with Crippen molar-refractivity contribution in [2.45, 2.75) is 43.9 Å². The summed E-state index contributed by atoms with van der Waals surface area (Å²) in [5.74, 6) is 2.95. The molecular formula is C29H27NO2. The van der Waals surface area contributed by atoms with Gasteiger partial charge in [0.15, 0.2) is 5.76 Å². The number of anilines is 1. The zero-order valence-electron chi connectivity index (χ0n) is 18.1. The SMILES string of the molecule is O=C(Nc1ccc(C23CC4CC(CC(C4)C2)C3)cc1)c1cc2c(ccc3ccccc32)o1. The smallest absolute Gasteiger partial charge is 0.291 e. The lowest BCUT2D eigenvalue weighted by Gasteiger charge is -2.57. The summed E-state index contributed by atoms with van der Waals surface area (Å²) in [6.07, 6.45) is 8.45. The molecule has 32 heavy (non-hydrogen) atoms. The van der Waals surface area contributed by atoms with Crippen LogP contribution in [0.4, 0.5) is 5.69 Å². The first-order valence-corrected chi connectivity index (χ1v) is 12.0. The average molecular weight is 422 g/mol. The Kier molecular flexibility index (Phi) is 3.88. The van der Waals surface area contributed by atoms with Gasteiger partial charge in [0.05, 0.1) is 0 Å². The van der Waals surface area contributed by atoms with Crippen molar-refractivity contribution in [1.29, 1.82) is 0 Å². The average Bonchev–Trinajstić information content (AvgIpc) is 3.24. The van der Waals surface area contributed by atoms with Gasteiger partial charge < -0.3 is 9.73 Å². The highest BCUT2D eigenvalue weighted by Gasteiger charge is 2.51. The molecule has 1 amide bonds. The van der Waals surface area contributed by atoms with Gasteiger partial charge in [-0.3, -0.25) is 4.79 Å². The first-order valence-electron chi connectivity index (χ1n) is 12.0. The molecule has 4 fully saturated rings. The fourth-order valence-corrected chi connectivity index (χ4v) is 7.47. The number of hydrogen-bond acceptors (Lipinski definition) is 2. The van der Waals surface area contributed by atoms with Gasteiger partial charge in [-0.2, -0.15) is 0 Å².